The van der Waals surface area contributed by atoms with Crippen LogP contribution >= 0.6 is 0 Å². The molecule has 0 saturated heterocycles. The van der Waals surface area contributed by atoms with Gasteiger partial charge in [0.2, 0.25) is 0 Å². The molecule has 0 spiro atoms. The van der Waals surface area contributed by atoms with Gasteiger partial charge in [-0.1, -0.05) is 72.2 Å². The van der Waals surface area contributed by atoms with Crippen LogP contribution in [0.1, 0.15) is 86.1 Å². The maximum absolute atomic E-state index is 14.3. The van der Waals surface area contributed by atoms with Crippen molar-refractivity contribution in [3.63, 3.8) is 0 Å². The van der Waals surface area contributed by atoms with E-state index in [0.717, 1.165) is 12.0 Å². The molecule has 0 heterocycles. The van der Waals surface area contributed by atoms with Crippen molar-refractivity contribution in [1.29, 1.82) is 0 Å². The van der Waals surface area contributed by atoms with E-state index in [1.54, 1.807) is 24.3 Å². The van der Waals surface area contributed by atoms with E-state index in [-0.39, 0.29) is 29.5 Å². The minimum absolute atomic E-state index is 0.0189. The first-order valence-electron chi connectivity index (χ1n) is 13.4. The number of allylic oxidation sites excluding steroid dienone is 7. The first kappa shape index (κ1) is 28.6. The zero-order valence-corrected chi connectivity index (χ0v) is 23.5. The number of fused-ring (bicyclic) bond motifs is 2. The second-order valence-electron chi connectivity index (χ2n) is 11.9. The van der Waals surface area contributed by atoms with Crippen molar-refractivity contribution in [2.45, 2.75) is 80.6 Å². The summed E-state index contributed by atoms with van der Waals surface area (Å²) in [6.07, 6.45) is 8.98. The summed E-state index contributed by atoms with van der Waals surface area (Å²) >= 11 is 0. The lowest BCUT2D eigenvalue weighted by molar-refractivity contribution is -0.163. The van der Waals surface area contributed by atoms with Gasteiger partial charge in [0, 0.05) is 5.56 Å². The summed E-state index contributed by atoms with van der Waals surface area (Å²) in [5.41, 5.74) is 1.61. The lowest BCUT2D eigenvalue weighted by atomic mass is 9.44. The van der Waals surface area contributed by atoms with E-state index in [0.29, 0.717) is 24.8 Å². The Labute approximate surface area is 222 Å². The Morgan fingerprint density at radius 2 is 1.51 bits per heavy atom. The van der Waals surface area contributed by atoms with Gasteiger partial charge in [0.1, 0.15) is 11.3 Å². The molecule has 0 amide bonds. The Morgan fingerprint density at radius 1 is 0.919 bits per heavy atom. The average Bonchev–Trinajstić information content (AvgIpc) is 2.82. The number of aliphatic hydroxyl groups is 1. The van der Waals surface area contributed by atoms with Crippen molar-refractivity contribution in [2.24, 2.45) is 22.7 Å². The maximum Gasteiger partial charge on any atom is 0.184 e. The molecule has 0 aliphatic heterocycles. The van der Waals surface area contributed by atoms with E-state index in [9.17, 15) is 19.5 Å². The Kier molecular flexibility index (Phi) is 8.62. The zero-order valence-electron chi connectivity index (χ0n) is 23.5. The van der Waals surface area contributed by atoms with Gasteiger partial charge in [0.15, 0.2) is 17.3 Å². The first-order valence-corrected chi connectivity index (χ1v) is 13.4. The largest absolute Gasteiger partial charge is 0.506 e. The van der Waals surface area contributed by atoms with Crippen molar-refractivity contribution < 1.29 is 19.5 Å². The molecule has 3 rings (SSSR count). The number of benzene rings is 1. The molecular weight excluding hydrogens is 460 g/mol. The van der Waals surface area contributed by atoms with Gasteiger partial charge in [-0.25, -0.2) is 0 Å². The molecule has 1 aromatic rings. The summed E-state index contributed by atoms with van der Waals surface area (Å²) in [7, 11) is 0. The van der Waals surface area contributed by atoms with E-state index < -0.39 is 28.3 Å². The molecule has 0 unspecified atom stereocenters. The van der Waals surface area contributed by atoms with E-state index in [1.165, 1.54) is 11.1 Å². The summed E-state index contributed by atoms with van der Waals surface area (Å²) in [6.45, 7) is 14.1. The number of carbonyl (C=O) groups is 3. The van der Waals surface area contributed by atoms with Gasteiger partial charge in [-0.3, -0.25) is 14.4 Å². The molecule has 2 aliphatic carbocycles. The quantitative estimate of drug-likeness (QED) is 0.130. The molecule has 2 saturated carbocycles. The molecule has 0 aromatic heterocycles. The fraction of sp³-hybridized carbons (Fsp3) is 0.485. The van der Waals surface area contributed by atoms with Crippen LogP contribution in [0.15, 0.2) is 70.9 Å². The second kappa shape index (κ2) is 11.2. The Bertz CT molecular complexity index is 1180. The summed E-state index contributed by atoms with van der Waals surface area (Å²) in [5.74, 6) is -2.61. The van der Waals surface area contributed by atoms with Gasteiger partial charge < -0.3 is 5.11 Å². The lowest BCUT2D eigenvalue weighted by Gasteiger charge is -2.55. The highest BCUT2D eigenvalue weighted by molar-refractivity contribution is 6.39. The van der Waals surface area contributed by atoms with Crippen LogP contribution in [0.5, 0.6) is 0 Å². The highest BCUT2D eigenvalue weighted by Gasteiger charge is 2.67. The normalized spacial score (nSPS) is 28.5. The standard InChI is InChI=1S/C33H42O4/c1-21(2)12-11-18-32(7)25(16-15-22(3)4)20-33(19-17-23(5)6)30(36)26(29(35)27(32)31(33)37)28(34)24-13-9-8-10-14-24/h8-10,12-15,17,25,27,34H,11,16,18-20H2,1-7H3/b28-26-/t25-,27+,32+,33-/m1/s1. The Morgan fingerprint density at radius 3 is 2.08 bits per heavy atom. The maximum atomic E-state index is 14.3. The summed E-state index contributed by atoms with van der Waals surface area (Å²) in [4.78, 5) is 42.6. The van der Waals surface area contributed by atoms with Gasteiger partial charge in [-0.2, -0.15) is 0 Å². The molecule has 198 valence electrons. The smallest absolute Gasteiger partial charge is 0.184 e. The number of ketones is 3. The molecule has 2 bridgehead atoms. The van der Waals surface area contributed by atoms with Crippen LogP contribution in [0.4, 0.5) is 0 Å². The zero-order chi connectivity index (χ0) is 27.5. The summed E-state index contributed by atoms with van der Waals surface area (Å²) < 4.78 is 0. The molecular formula is C33H42O4. The van der Waals surface area contributed by atoms with Gasteiger partial charge >= 0.3 is 0 Å². The van der Waals surface area contributed by atoms with Crippen molar-refractivity contribution in [3.05, 3.63) is 76.4 Å². The molecule has 37 heavy (non-hydrogen) atoms. The Balaban J connectivity index is 2.27. The van der Waals surface area contributed by atoms with Crippen LogP contribution in [-0.4, -0.2) is 22.5 Å². The van der Waals surface area contributed by atoms with Crippen molar-refractivity contribution in [3.8, 4) is 0 Å². The van der Waals surface area contributed by atoms with Crippen molar-refractivity contribution in [2.75, 3.05) is 0 Å². The SMILES string of the molecule is CC(C)=CCC[C@@]1(C)[C@H](CC=C(C)C)C[C@]2(CC=C(C)C)C(=O)/C(=C(\O)c3ccccc3)C(=O)[C@H]1C2=O. The third-order valence-corrected chi connectivity index (χ3v) is 8.28. The molecule has 0 radical (unpaired) electrons. The predicted molar refractivity (Wildman–Crippen MR) is 150 cm³/mol. The van der Waals surface area contributed by atoms with Crippen molar-refractivity contribution in [1.82, 2.24) is 0 Å². The Hall–Kier alpha value is -3.01. The van der Waals surface area contributed by atoms with Crippen LogP contribution in [-0.2, 0) is 14.4 Å². The number of Topliss-reactive ketones (excluding diaryl/α,β-unsaturated/α-hetero) is 3. The van der Waals surface area contributed by atoms with Gasteiger partial charge in [0.25, 0.3) is 0 Å². The number of aliphatic hydroxyl groups excluding tert-OH is 1. The van der Waals surface area contributed by atoms with Gasteiger partial charge in [-0.05, 0) is 85.0 Å². The fourth-order valence-corrected chi connectivity index (χ4v) is 6.05. The number of hydrogen-bond acceptors (Lipinski definition) is 4. The van der Waals surface area contributed by atoms with Crippen LogP contribution < -0.4 is 0 Å². The minimum atomic E-state index is -1.34. The predicted octanol–water partition coefficient (Wildman–Crippen LogP) is 7.76. The lowest BCUT2D eigenvalue weighted by Crippen LogP contribution is -2.63. The van der Waals surface area contributed by atoms with Crippen LogP contribution in [0, 0.1) is 22.7 Å². The van der Waals surface area contributed by atoms with Crippen molar-refractivity contribution >= 4 is 23.1 Å². The fourth-order valence-electron chi connectivity index (χ4n) is 6.05. The van der Waals surface area contributed by atoms with E-state index in [2.05, 4.69) is 12.2 Å². The number of carbonyl (C=O) groups excluding carboxylic acids is 3. The average molecular weight is 503 g/mol. The van der Waals surface area contributed by atoms with Crippen LogP contribution in [0.25, 0.3) is 5.76 Å². The topological polar surface area (TPSA) is 71.4 Å². The highest BCUT2D eigenvalue weighted by atomic mass is 16.3. The third kappa shape index (κ3) is 5.49. The summed E-state index contributed by atoms with van der Waals surface area (Å²) in [6, 6.07) is 8.70. The van der Waals surface area contributed by atoms with E-state index in [1.807, 2.05) is 60.6 Å². The molecule has 2 fully saturated rings. The third-order valence-electron chi connectivity index (χ3n) is 8.28. The molecule has 1 N–H and O–H groups in total. The monoisotopic (exact) mass is 502 g/mol. The van der Waals surface area contributed by atoms with Gasteiger partial charge in [0.05, 0.1) is 11.3 Å². The molecule has 4 atom stereocenters. The minimum Gasteiger partial charge on any atom is -0.506 e. The summed E-state index contributed by atoms with van der Waals surface area (Å²) in [5, 5.41) is 11.3. The number of hydrogen-bond donors (Lipinski definition) is 1. The first-order chi connectivity index (χ1) is 17.3. The molecule has 4 heteroatoms. The van der Waals surface area contributed by atoms with Crippen LogP contribution in [0.2, 0.25) is 0 Å². The van der Waals surface area contributed by atoms with E-state index >= 15 is 0 Å². The van der Waals surface area contributed by atoms with E-state index in [4.69, 9.17) is 0 Å². The van der Waals surface area contributed by atoms with Crippen LogP contribution in [0.3, 0.4) is 0 Å². The van der Waals surface area contributed by atoms with Gasteiger partial charge in [-0.15, -0.1) is 0 Å². The molecule has 4 nitrogen and oxygen atoms in total. The molecule has 1 aromatic carbocycles. The molecule has 2 aliphatic rings. The second-order valence-corrected chi connectivity index (χ2v) is 11.9. The number of rotatable bonds is 8. The highest BCUT2D eigenvalue weighted by Crippen LogP contribution is 2.60.